The summed E-state index contributed by atoms with van der Waals surface area (Å²) in [6, 6.07) is 9.84. The summed E-state index contributed by atoms with van der Waals surface area (Å²) in [6.45, 7) is 0.715. The van der Waals surface area contributed by atoms with Crippen LogP contribution in [0.3, 0.4) is 0 Å². The molecule has 0 unspecified atom stereocenters. The van der Waals surface area contributed by atoms with E-state index in [1.54, 1.807) is 12.1 Å². The highest BCUT2D eigenvalue weighted by molar-refractivity contribution is 6.31. The lowest BCUT2D eigenvalue weighted by Gasteiger charge is -2.09. The molecule has 2 aromatic carbocycles. The van der Waals surface area contributed by atoms with Gasteiger partial charge in [0, 0.05) is 18.2 Å². The molecule has 1 saturated carbocycles. The van der Waals surface area contributed by atoms with Crippen molar-refractivity contribution < 1.29 is 8.78 Å². The van der Waals surface area contributed by atoms with E-state index in [0.717, 1.165) is 5.56 Å². The normalized spacial score (nSPS) is 14.6. The Bertz CT molecular complexity index is 638. The van der Waals surface area contributed by atoms with Crippen LogP contribution in [0.2, 0.25) is 5.02 Å². The van der Waals surface area contributed by atoms with Crippen LogP contribution in [0.25, 0.3) is 11.1 Å². The Kier molecular flexibility index (Phi) is 3.72. The first kappa shape index (κ1) is 13.5. The second-order valence-electron chi connectivity index (χ2n) is 5.10. The summed E-state index contributed by atoms with van der Waals surface area (Å²) in [6.07, 6.45) is 2.42. The van der Waals surface area contributed by atoms with Crippen LogP contribution in [0, 0.1) is 11.6 Å². The minimum atomic E-state index is -0.498. The molecule has 4 heteroatoms. The number of benzene rings is 2. The van der Waals surface area contributed by atoms with Gasteiger partial charge in [0.1, 0.15) is 11.6 Å². The number of hydrogen-bond acceptors (Lipinski definition) is 1. The average Bonchev–Trinajstić information content (AvgIpc) is 3.25. The zero-order valence-corrected chi connectivity index (χ0v) is 11.6. The Balaban J connectivity index is 1.89. The van der Waals surface area contributed by atoms with Gasteiger partial charge < -0.3 is 5.32 Å². The maximum Gasteiger partial charge on any atom is 0.141 e. The van der Waals surface area contributed by atoms with E-state index in [9.17, 15) is 8.78 Å². The first-order valence-corrected chi connectivity index (χ1v) is 6.98. The quantitative estimate of drug-likeness (QED) is 0.873. The predicted octanol–water partition coefficient (Wildman–Crippen LogP) is 4.54. The molecule has 1 N–H and O–H groups in total. The lowest BCUT2D eigenvalue weighted by molar-refractivity contribution is 0.624. The molecule has 1 aliphatic carbocycles. The van der Waals surface area contributed by atoms with Crippen LogP contribution in [0.5, 0.6) is 0 Å². The molecular weight excluding hydrogens is 280 g/mol. The molecule has 0 aliphatic heterocycles. The molecular formula is C16H14ClF2N. The molecule has 0 atom stereocenters. The zero-order valence-electron chi connectivity index (χ0n) is 10.8. The minimum Gasteiger partial charge on any atom is -0.310 e. The summed E-state index contributed by atoms with van der Waals surface area (Å²) in [4.78, 5) is 0. The Morgan fingerprint density at radius 1 is 1.05 bits per heavy atom. The van der Waals surface area contributed by atoms with Crippen molar-refractivity contribution in [2.45, 2.75) is 25.4 Å². The fourth-order valence-corrected chi connectivity index (χ4v) is 2.30. The highest BCUT2D eigenvalue weighted by Crippen LogP contribution is 2.28. The molecule has 0 radical (unpaired) electrons. The molecule has 0 saturated heterocycles. The number of hydrogen-bond donors (Lipinski definition) is 1. The second-order valence-corrected chi connectivity index (χ2v) is 5.51. The fraction of sp³-hybridized carbons (Fsp3) is 0.250. The van der Waals surface area contributed by atoms with E-state index in [0.29, 0.717) is 23.7 Å². The standard InChI is InChI=1S/C16H14ClF2N/c17-14-8-11(2-6-16(14)19)13-7-10(1-5-15(13)18)9-20-12-3-4-12/h1-2,5-8,12,20H,3-4,9H2. The molecule has 0 aromatic heterocycles. The molecule has 3 rings (SSSR count). The van der Waals surface area contributed by atoms with E-state index in [1.807, 2.05) is 0 Å². The molecule has 0 bridgehead atoms. The third-order valence-electron chi connectivity index (χ3n) is 3.43. The fourth-order valence-electron chi connectivity index (χ4n) is 2.12. The molecule has 104 valence electrons. The smallest absolute Gasteiger partial charge is 0.141 e. The molecule has 0 heterocycles. The van der Waals surface area contributed by atoms with Crippen molar-refractivity contribution >= 4 is 11.6 Å². The van der Waals surface area contributed by atoms with Crippen molar-refractivity contribution in [2.75, 3.05) is 0 Å². The van der Waals surface area contributed by atoms with Crippen molar-refractivity contribution in [3.8, 4) is 11.1 Å². The third-order valence-corrected chi connectivity index (χ3v) is 3.72. The van der Waals surface area contributed by atoms with Gasteiger partial charge in [-0.2, -0.15) is 0 Å². The first-order chi connectivity index (χ1) is 9.63. The third kappa shape index (κ3) is 3.00. The van der Waals surface area contributed by atoms with Crippen LogP contribution in [-0.4, -0.2) is 6.04 Å². The SMILES string of the molecule is Fc1ccc(-c2cc(CNC3CC3)ccc2F)cc1Cl. The van der Waals surface area contributed by atoms with E-state index in [1.165, 1.54) is 37.1 Å². The minimum absolute atomic E-state index is 0.00316. The second kappa shape index (κ2) is 5.51. The predicted molar refractivity (Wildman–Crippen MR) is 76.7 cm³/mol. The molecule has 0 spiro atoms. The van der Waals surface area contributed by atoms with Crippen LogP contribution in [0.15, 0.2) is 36.4 Å². The lowest BCUT2D eigenvalue weighted by atomic mass is 10.0. The Morgan fingerprint density at radius 3 is 2.50 bits per heavy atom. The van der Waals surface area contributed by atoms with Crippen LogP contribution in [0.4, 0.5) is 8.78 Å². The van der Waals surface area contributed by atoms with E-state index in [-0.39, 0.29) is 10.8 Å². The summed E-state index contributed by atoms with van der Waals surface area (Å²) in [7, 11) is 0. The van der Waals surface area contributed by atoms with Gasteiger partial charge in [0.2, 0.25) is 0 Å². The van der Waals surface area contributed by atoms with E-state index < -0.39 is 5.82 Å². The van der Waals surface area contributed by atoms with Crippen LogP contribution in [-0.2, 0) is 6.54 Å². The maximum absolute atomic E-state index is 13.9. The Morgan fingerprint density at radius 2 is 1.80 bits per heavy atom. The molecule has 0 amide bonds. The molecule has 20 heavy (non-hydrogen) atoms. The van der Waals surface area contributed by atoms with Gasteiger partial charge in [-0.25, -0.2) is 8.78 Å². The van der Waals surface area contributed by atoms with Crippen molar-refractivity contribution in [2.24, 2.45) is 0 Å². The van der Waals surface area contributed by atoms with Gasteiger partial charge in [0.25, 0.3) is 0 Å². The van der Waals surface area contributed by atoms with Crippen LogP contribution >= 0.6 is 11.6 Å². The van der Waals surface area contributed by atoms with Crippen molar-refractivity contribution in [3.05, 3.63) is 58.6 Å². The van der Waals surface area contributed by atoms with Gasteiger partial charge in [0.05, 0.1) is 5.02 Å². The largest absolute Gasteiger partial charge is 0.310 e. The lowest BCUT2D eigenvalue weighted by Crippen LogP contribution is -2.15. The molecule has 1 nitrogen and oxygen atoms in total. The Labute approximate surface area is 121 Å². The summed E-state index contributed by atoms with van der Waals surface area (Å²) in [5.41, 5.74) is 2.04. The monoisotopic (exact) mass is 293 g/mol. The number of rotatable bonds is 4. The number of halogens is 3. The highest BCUT2D eigenvalue weighted by atomic mass is 35.5. The maximum atomic E-state index is 13.9. The van der Waals surface area contributed by atoms with Gasteiger partial charge in [-0.05, 0) is 48.2 Å². The van der Waals surface area contributed by atoms with Gasteiger partial charge in [0.15, 0.2) is 0 Å². The van der Waals surface area contributed by atoms with Gasteiger partial charge in [-0.3, -0.25) is 0 Å². The van der Waals surface area contributed by atoms with E-state index >= 15 is 0 Å². The first-order valence-electron chi connectivity index (χ1n) is 6.61. The topological polar surface area (TPSA) is 12.0 Å². The summed E-state index contributed by atoms with van der Waals surface area (Å²) in [5, 5.41) is 3.39. The van der Waals surface area contributed by atoms with Crippen molar-refractivity contribution in [1.29, 1.82) is 0 Å². The van der Waals surface area contributed by atoms with E-state index in [4.69, 9.17) is 11.6 Å². The van der Waals surface area contributed by atoms with E-state index in [2.05, 4.69) is 5.32 Å². The summed E-state index contributed by atoms with van der Waals surface area (Å²) >= 11 is 5.76. The number of nitrogens with one attached hydrogen (secondary N) is 1. The zero-order chi connectivity index (χ0) is 14.1. The van der Waals surface area contributed by atoms with Crippen LogP contribution in [0.1, 0.15) is 18.4 Å². The summed E-state index contributed by atoms with van der Waals surface area (Å²) < 4.78 is 27.1. The summed E-state index contributed by atoms with van der Waals surface area (Å²) in [5.74, 6) is -0.828. The van der Waals surface area contributed by atoms with Gasteiger partial charge in [-0.15, -0.1) is 0 Å². The van der Waals surface area contributed by atoms with Crippen molar-refractivity contribution in [1.82, 2.24) is 5.32 Å². The van der Waals surface area contributed by atoms with Gasteiger partial charge >= 0.3 is 0 Å². The molecule has 1 aliphatic rings. The molecule has 1 fully saturated rings. The van der Waals surface area contributed by atoms with Gasteiger partial charge in [-0.1, -0.05) is 23.7 Å². The highest BCUT2D eigenvalue weighted by Gasteiger charge is 2.20. The average molecular weight is 294 g/mol. The van der Waals surface area contributed by atoms with Crippen LogP contribution < -0.4 is 5.32 Å². The Hall–Kier alpha value is -1.45. The molecule has 2 aromatic rings. The van der Waals surface area contributed by atoms with Crippen molar-refractivity contribution in [3.63, 3.8) is 0 Å².